The van der Waals surface area contributed by atoms with E-state index in [0.717, 1.165) is 25.2 Å². The summed E-state index contributed by atoms with van der Waals surface area (Å²) in [5.41, 5.74) is 2.34. The summed E-state index contributed by atoms with van der Waals surface area (Å²) in [5.74, 6) is 0.258. The summed E-state index contributed by atoms with van der Waals surface area (Å²) in [6.45, 7) is 9.09. The van der Waals surface area contributed by atoms with Crippen molar-refractivity contribution in [3.05, 3.63) is 65.7 Å². The monoisotopic (exact) mass is 372 g/mol. The van der Waals surface area contributed by atoms with Crippen molar-refractivity contribution >= 4 is 10.0 Å². The molecule has 26 heavy (non-hydrogen) atoms. The lowest BCUT2D eigenvalue weighted by Gasteiger charge is -2.42. The predicted octanol–water partition coefficient (Wildman–Crippen LogP) is 3.53. The summed E-state index contributed by atoms with van der Waals surface area (Å²) in [5, 5.41) is 0. The summed E-state index contributed by atoms with van der Waals surface area (Å²) in [7, 11) is -3.46. The van der Waals surface area contributed by atoms with E-state index < -0.39 is 10.0 Å². The number of piperazine rings is 1. The van der Waals surface area contributed by atoms with Crippen molar-refractivity contribution in [2.45, 2.75) is 38.3 Å². The van der Waals surface area contributed by atoms with Gasteiger partial charge in [0, 0.05) is 32.2 Å². The number of aryl methyl sites for hydroxylation is 1. The van der Waals surface area contributed by atoms with E-state index in [4.69, 9.17) is 0 Å². The molecule has 0 N–H and O–H groups in total. The van der Waals surface area contributed by atoms with Crippen LogP contribution in [-0.2, 0) is 16.6 Å². The van der Waals surface area contributed by atoms with E-state index in [9.17, 15) is 8.42 Å². The van der Waals surface area contributed by atoms with Crippen LogP contribution in [0.4, 0.5) is 0 Å². The molecular weight excluding hydrogens is 344 g/mol. The van der Waals surface area contributed by atoms with Gasteiger partial charge in [0.15, 0.2) is 0 Å². The lowest BCUT2D eigenvalue weighted by Crippen LogP contribution is -2.56. The van der Waals surface area contributed by atoms with Gasteiger partial charge in [-0.2, -0.15) is 4.31 Å². The first-order chi connectivity index (χ1) is 12.4. The van der Waals surface area contributed by atoms with Crippen LogP contribution in [0.15, 0.2) is 59.5 Å². The van der Waals surface area contributed by atoms with Crippen LogP contribution in [0.1, 0.15) is 25.0 Å². The zero-order valence-corrected chi connectivity index (χ0v) is 16.6. The van der Waals surface area contributed by atoms with E-state index in [1.54, 1.807) is 16.4 Å². The van der Waals surface area contributed by atoms with Gasteiger partial charge in [0.1, 0.15) is 0 Å². The molecule has 0 spiro atoms. The highest BCUT2D eigenvalue weighted by Crippen LogP contribution is 2.26. The zero-order valence-electron chi connectivity index (χ0n) is 15.8. The van der Waals surface area contributed by atoms with E-state index in [1.807, 2.05) is 37.3 Å². The van der Waals surface area contributed by atoms with Crippen LogP contribution >= 0.6 is 0 Å². The zero-order chi connectivity index (χ0) is 18.7. The minimum absolute atomic E-state index is 0.0150. The minimum Gasteiger partial charge on any atom is -0.296 e. The van der Waals surface area contributed by atoms with E-state index in [0.29, 0.717) is 11.4 Å². The number of nitrogens with zero attached hydrogens (tertiary/aromatic N) is 2. The van der Waals surface area contributed by atoms with Crippen LogP contribution in [0, 0.1) is 12.8 Å². The molecular formula is C21H28N2O2S. The summed E-state index contributed by atoms with van der Waals surface area (Å²) >= 11 is 0. The number of benzene rings is 2. The Hall–Kier alpha value is -1.69. The molecule has 1 aliphatic rings. The van der Waals surface area contributed by atoms with Crippen LogP contribution in [0.25, 0.3) is 0 Å². The fraction of sp³-hybridized carbons (Fsp3) is 0.429. The van der Waals surface area contributed by atoms with Gasteiger partial charge >= 0.3 is 0 Å². The topological polar surface area (TPSA) is 40.6 Å². The highest BCUT2D eigenvalue weighted by Gasteiger charge is 2.37. The molecule has 0 aliphatic carbocycles. The van der Waals surface area contributed by atoms with Gasteiger partial charge < -0.3 is 0 Å². The second-order valence-electron chi connectivity index (χ2n) is 7.46. The number of hydrogen-bond acceptors (Lipinski definition) is 3. The molecule has 1 fully saturated rings. The highest BCUT2D eigenvalue weighted by molar-refractivity contribution is 7.89. The largest absolute Gasteiger partial charge is 0.296 e. The van der Waals surface area contributed by atoms with Gasteiger partial charge in [-0.3, -0.25) is 4.90 Å². The van der Waals surface area contributed by atoms with Gasteiger partial charge in [-0.15, -0.1) is 0 Å². The summed E-state index contributed by atoms with van der Waals surface area (Å²) in [6, 6.07) is 17.5. The van der Waals surface area contributed by atoms with E-state index in [-0.39, 0.29) is 12.0 Å². The van der Waals surface area contributed by atoms with Gasteiger partial charge in [0.2, 0.25) is 10.0 Å². The van der Waals surface area contributed by atoms with Crippen LogP contribution in [0.2, 0.25) is 0 Å². The SMILES string of the molecule is Cc1ccc(S(=O)(=O)N2CCN(Cc3ccccc3)C[C@@H]2C(C)C)cc1. The van der Waals surface area contributed by atoms with Gasteiger partial charge in [0.05, 0.1) is 4.90 Å². The lowest BCUT2D eigenvalue weighted by atomic mass is 10.0. The summed E-state index contributed by atoms with van der Waals surface area (Å²) in [6.07, 6.45) is 0. The second-order valence-corrected chi connectivity index (χ2v) is 9.35. The quantitative estimate of drug-likeness (QED) is 0.806. The molecule has 2 aromatic carbocycles. The van der Waals surface area contributed by atoms with Crippen LogP contribution < -0.4 is 0 Å². The fourth-order valence-electron chi connectivity index (χ4n) is 3.53. The minimum atomic E-state index is -3.46. The van der Waals surface area contributed by atoms with Gasteiger partial charge in [-0.05, 0) is 30.5 Å². The van der Waals surface area contributed by atoms with Crippen molar-refractivity contribution in [3.63, 3.8) is 0 Å². The molecule has 0 bridgehead atoms. The second kappa shape index (κ2) is 7.91. The molecule has 1 saturated heterocycles. The van der Waals surface area contributed by atoms with Crippen molar-refractivity contribution in [1.29, 1.82) is 0 Å². The summed E-state index contributed by atoms with van der Waals surface area (Å²) < 4.78 is 28.1. The Kier molecular flexibility index (Phi) is 5.80. The molecule has 2 aromatic rings. The van der Waals surface area contributed by atoms with E-state index in [2.05, 4.69) is 30.9 Å². The van der Waals surface area contributed by atoms with E-state index in [1.165, 1.54) is 5.56 Å². The van der Waals surface area contributed by atoms with E-state index >= 15 is 0 Å². The third kappa shape index (κ3) is 4.17. The van der Waals surface area contributed by atoms with Crippen LogP contribution in [-0.4, -0.2) is 43.3 Å². The van der Waals surface area contributed by atoms with Crippen molar-refractivity contribution in [3.8, 4) is 0 Å². The van der Waals surface area contributed by atoms with Crippen LogP contribution in [0.5, 0.6) is 0 Å². The van der Waals surface area contributed by atoms with Crippen molar-refractivity contribution in [2.24, 2.45) is 5.92 Å². The van der Waals surface area contributed by atoms with Gasteiger partial charge in [-0.25, -0.2) is 8.42 Å². The number of hydrogen-bond donors (Lipinski definition) is 0. The van der Waals surface area contributed by atoms with Crippen molar-refractivity contribution < 1.29 is 8.42 Å². The predicted molar refractivity (Wildman–Crippen MR) is 105 cm³/mol. The molecule has 0 unspecified atom stereocenters. The Morgan fingerprint density at radius 2 is 1.65 bits per heavy atom. The number of sulfonamides is 1. The normalized spacial score (nSPS) is 19.8. The molecule has 3 rings (SSSR count). The molecule has 1 atom stereocenters. The Labute approximate surface area is 157 Å². The molecule has 1 aliphatic heterocycles. The molecule has 5 heteroatoms. The first-order valence-electron chi connectivity index (χ1n) is 9.23. The lowest BCUT2D eigenvalue weighted by molar-refractivity contribution is 0.103. The third-order valence-electron chi connectivity index (χ3n) is 5.10. The Morgan fingerprint density at radius 3 is 2.27 bits per heavy atom. The maximum Gasteiger partial charge on any atom is 0.243 e. The Bertz CT molecular complexity index is 817. The fourth-order valence-corrected chi connectivity index (χ4v) is 5.26. The number of rotatable bonds is 5. The molecule has 4 nitrogen and oxygen atoms in total. The van der Waals surface area contributed by atoms with Gasteiger partial charge in [-0.1, -0.05) is 61.9 Å². The summed E-state index contributed by atoms with van der Waals surface area (Å²) in [4.78, 5) is 2.76. The first-order valence-corrected chi connectivity index (χ1v) is 10.7. The van der Waals surface area contributed by atoms with Gasteiger partial charge in [0.25, 0.3) is 0 Å². The van der Waals surface area contributed by atoms with Crippen molar-refractivity contribution in [2.75, 3.05) is 19.6 Å². The standard InChI is InChI=1S/C21H28N2O2S/c1-17(2)21-16-22(15-19-7-5-4-6-8-19)13-14-23(21)26(24,25)20-11-9-18(3)10-12-20/h4-12,17,21H,13-16H2,1-3H3/t21-/m1/s1. The van der Waals surface area contributed by atoms with Crippen LogP contribution in [0.3, 0.4) is 0 Å². The molecule has 0 amide bonds. The maximum atomic E-state index is 13.2. The molecule has 0 radical (unpaired) electrons. The first kappa shape index (κ1) is 19.1. The maximum absolute atomic E-state index is 13.2. The van der Waals surface area contributed by atoms with Crippen molar-refractivity contribution in [1.82, 2.24) is 9.21 Å². The average Bonchev–Trinajstić information content (AvgIpc) is 2.62. The molecule has 140 valence electrons. The Morgan fingerprint density at radius 1 is 1.00 bits per heavy atom. The highest BCUT2D eigenvalue weighted by atomic mass is 32.2. The molecule has 0 saturated carbocycles. The molecule has 1 heterocycles. The molecule has 0 aromatic heterocycles. The Balaban J connectivity index is 1.79. The smallest absolute Gasteiger partial charge is 0.243 e. The third-order valence-corrected chi connectivity index (χ3v) is 7.04. The average molecular weight is 373 g/mol.